The first-order valence-corrected chi connectivity index (χ1v) is 8.53. The molecule has 2 rings (SSSR count). The normalized spacial score (nSPS) is 19.1. The van der Waals surface area contributed by atoms with Crippen molar-refractivity contribution in [3.05, 3.63) is 28.2 Å². The van der Waals surface area contributed by atoms with Crippen molar-refractivity contribution in [1.29, 1.82) is 5.26 Å². The number of amides is 1. The molecule has 0 spiro atoms. The van der Waals surface area contributed by atoms with Crippen LogP contribution in [0.1, 0.15) is 34.2 Å². The van der Waals surface area contributed by atoms with Crippen LogP contribution >= 0.6 is 15.9 Å². The standard InChI is InChI=1S/C17H19BrF2N2O3.Na.H/c1-16(2,3)25-15(23)22-7-6-14(17(19,20)10-22)24-13-5-4-12(18)8-11(13)9-21;;/h4-5,8,14H,6-7,10H2,1-3H3;;/q;+1;-1/t14-;;/m0../s1. The predicted molar refractivity (Wildman–Crippen MR) is 91.8 cm³/mol. The number of benzene rings is 1. The van der Waals surface area contributed by atoms with Crippen molar-refractivity contribution in [2.75, 3.05) is 13.1 Å². The maximum absolute atomic E-state index is 14.4. The van der Waals surface area contributed by atoms with Crippen LogP contribution < -0.4 is 34.3 Å². The summed E-state index contributed by atoms with van der Waals surface area (Å²) in [7, 11) is 0. The van der Waals surface area contributed by atoms with Crippen molar-refractivity contribution >= 4 is 22.0 Å². The minimum Gasteiger partial charge on any atom is -1.00 e. The van der Waals surface area contributed by atoms with Crippen LogP contribution in [0.2, 0.25) is 0 Å². The van der Waals surface area contributed by atoms with Crippen LogP contribution in [0.3, 0.4) is 0 Å². The van der Waals surface area contributed by atoms with Gasteiger partial charge < -0.3 is 15.8 Å². The zero-order valence-electron chi connectivity index (χ0n) is 16.2. The number of hydrogen-bond donors (Lipinski definition) is 0. The van der Waals surface area contributed by atoms with Gasteiger partial charge in [-0.2, -0.15) is 5.26 Å². The molecule has 0 aliphatic carbocycles. The molecule has 0 saturated carbocycles. The first-order valence-electron chi connectivity index (χ1n) is 7.74. The van der Waals surface area contributed by atoms with E-state index in [-0.39, 0.29) is 55.3 Å². The van der Waals surface area contributed by atoms with Crippen molar-refractivity contribution in [3.8, 4) is 11.8 Å². The summed E-state index contributed by atoms with van der Waals surface area (Å²) in [5.74, 6) is -3.16. The summed E-state index contributed by atoms with van der Waals surface area (Å²) < 4.78 is 40.1. The molecule has 0 bridgehead atoms. The Morgan fingerprint density at radius 1 is 1.46 bits per heavy atom. The van der Waals surface area contributed by atoms with Gasteiger partial charge in [-0.25, -0.2) is 13.6 Å². The average Bonchev–Trinajstić information content (AvgIpc) is 2.48. The smallest absolute Gasteiger partial charge is 1.00 e. The number of likely N-dealkylation sites (tertiary alicyclic amines) is 1. The Hall–Kier alpha value is -0.880. The van der Waals surface area contributed by atoms with E-state index in [1.54, 1.807) is 26.8 Å². The van der Waals surface area contributed by atoms with Gasteiger partial charge in [0.25, 0.3) is 0 Å². The second-order valence-electron chi connectivity index (χ2n) is 6.81. The Labute approximate surface area is 183 Å². The summed E-state index contributed by atoms with van der Waals surface area (Å²) in [6.07, 6.45) is -2.25. The molecule has 1 saturated heterocycles. The SMILES string of the molecule is CC(C)(C)OC(=O)N1CC[C@H](Oc2ccc(Br)cc2C#N)C(F)(F)C1.[H-].[Na+]. The summed E-state index contributed by atoms with van der Waals surface area (Å²) >= 11 is 3.22. The number of halogens is 3. The molecule has 1 aliphatic heterocycles. The first kappa shape index (κ1) is 23.2. The van der Waals surface area contributed by atoms with Gasteiger partial charge in [0.1, 0.15) is 17.4 Å². The minimum atomic E-state index is -3.26. The fraction of sp³-hybridized carbons (Fsp3) is 0.529. The molecule has 0 unspecified atom stereocenters. The second kappa shape index (κ2) is 8.87. The van der Waals surface area contributed by atoms with Gasteiger partial charge in [0.05, 0.1) is 12.1 Å². The Bertz CT molecular complexity index is 710. The van der Waals surface area contributed by atoms with Gasteiger partial charge in [-0.1, -0.05) is 15.9 Å². The Kier molecular flexibility index (Phi) is 7.90. The van der Waals surface area contributed by atoms with Crippen LogP contribution in [-0.2, 0) is 4.74 Å². The molecule has 1 aliphatic rings. The molecule has 138 valence electrons. The Morgan fingerprint density at radius 3 is 2.65 bits per heavy atom. The van der Waals surface area contributed by atoms with Gasteiger partial charge in [-0.05, 0) is 39.0 Å². The molecule has 0 aromatic heterocycles. The van der Waals surface area contributed by atoms with E-state index in [1.165, 1.54) is 12.1 Å². The summed E-state index contributed by atoms with van der Waals surface area (Å²) in [5, 5.41) is 9.12. The summed E-state index contributed by atoms with van der Waals surface area (Å²) in [5.41, 5.74) is -0.585. The summed E-state index contributed by atoms with van der Waals surface area (Å²) in [4.78, 5) is 13.0. The molecule has 1 amide bonds. The average molecular weight is 441 g/mol. The third kappa shape index (κ3) is 6.08. The molecule has 26 heavy (non-hydrogen) atoms. The van der Waals surface area contributed by atoms with E-state index in [0.717, 1.165) is 4.90 Å². The van der Waals surface area contributed by atoms with Crippen molar-refractivity contribution in [2.24, 2.45) is 0 Å². The number of piperidine rings is 1. The number of ether oxygens (including phenoxy) is 2. The largest absolute Gasteiger partial charge is 1.00 e. The number of rotatable bonds is 2. The molecular formula is C17H20BrF2N2NaO3. The van der Waals surface area contributed by atoms with Crippen LogP contribution in [0.25, 0.3) is 0 Å². The van der Waals surface area contributed by atoms with Crippen molar-refractivity contribution in [2.45, 2.75) is 44.8 Å². The molecule has 1 fully saturated rings. The molecule has 0 radical (unpaired) electrons. The number of carbonyl (C=O) groups is 1. The van der Waals surface area contributed by atoms with E-state index in [9.17, 15) is 13.6 Å². The Balaban J connectivity index is 0.00000338. The zero-order chi connectivity index (χ0) is 18.8. The number of hydrogen-bond acceptors (Lipinski definition) is 4. The maximum atomic E-state index is 14.4. The van der Waals surface area contributed by atoms with E-state index >= 15 is 0 Å². The summed E-state index contributed by atoms with van der Waals surface area (Å²) in [6.45, 7) is 4.33. The van der Waals surface area contributed by atoms with Crippen LogP contribution in [0.4, 0.5) is 13.6 Å². The quantitative estimate of drug-likeness (QED) is 0.653. The number of nitriles is 1. The zero-order valence-corrected chi connectivity index (χ0v) is 18.8. The minimum absolute atomic E-state index is 0. The van der Waals surface area contributed by atoms with Crippen LogP contribution in [-0.4, -0.2) is 41.7 Å². The number of nitrogens with zero attached hydrogens (tertiary/aromatic N) is 2. The fourth-order valence-corrected chi connectivity index (χ4v) is 2.75. The predicted octanol–water partition coefficient (Wildman–Crippen LogP) is 1.46. The Morgan fingerprint density at radius 2 is 2.12 bits per heavy atom. The van der Waals surface area contributed by atoms with E-state index < -0.39 is 30.3 Å². The van der Waals surface area contributed by atoms with E-state index in [4.69, 9.17) is 14.7 Å². The molecule has 9 heteroatoms. The molecule has 0 N–H and O–H groups in total. The second-order valence-corrected chi connectivity index (χ2v) is 7.73. The maximum Gasteiger partial charge on any atom is 1.00 e. The van der Waals surface area contributed by atoms with Crippen LogP contribution in [0.15, 0.2) is 22.7 Å². The third-order valence-corrected chi connectivity index (χ3v) is 4.01. The van der Waals surface area contributed by atoms with E-state index in [1.807, 2.05) is 6.07 Å². The van der Waals surface area contributed by atoms with Gasteiger partial charge in [0, 0.05) is 17.4 Å². The molecule has 1 aromatic rings. The van der Waals surface area contributed by atoms with Crippen molar-refractivity contribution < 1.29 is 54.0 Å². The van der Waals surface area contributed by atoms with Gasteiger partial charge >= 0.3 is 41.6 Å². The van der Waals surface area contributed by atoms with Gasteiger partial charge in [0.2, 0.25) is 0 Å². The molecule has 5 nitrogen and oxygen atoms in total. The topological polar surface area (TPSA) is 62.6 Å². The van der Waals surface area contributed by atoms with Crippen LogP contribution in [0, 0.1) is 11.3 Å². The molecule has 1 atom stereocenters. The van der Waals surface area contributed by atoms with Crippen molar-refractivity contribution in [3.63, 3.8) is 0 Å². The molecule has 1 heterocycles. The van der Waals surface area contributed by atoms with E-state index in [2.05, 4.69) is 15.9 Å². The number of alkyl halides is 2. The first-order chi connectivity index (χ1) is 11.5. The van der Waals surface area contributed by atoms with Crippen molar-refractivity contribution in [1.82, 2.24) is 4.90 Å². The summed E-state index contributed by atoms with van der Waals surface area (Å²) in [6, 6.07) is 6.51. The van der Waals surface area contributed by atoms with Gasteiger partial charge in [-0.15, -0.1) is 0 Å². The fourth-order valence-electron chi connectivity index (χ4n) is 2.39. The monoisotopic (exact) mass is 440 g/mol. The molecule has 1 aromatic carbocycles. The third-order valence-electron chi connectivity index (χ3n) is 3.52. The van der Waals surface area contributed by atoms with Gasteiger partial charge in [-0.3, -0.25) is 0 Å². The van der Waals surface area contributed by atoms with Gasteiger partial charge in [0.15, 0.2) is 6.10 Å². The number of carbonyl (C=O) groups excluding carboxylic acids is 1. The molecular weight excluding hydrogens is 421 g/mol. The van der Waals surface area contributed by atoms with E-state index in [0.29, 0.717) is 4.47 Å². The van der Waals surface area contributed by atoms with Crippen LogP contribution in [0.5, 0.6) is 5.75 Å².